The number of hydrogen-bond acceptors (Lipinski definition) is 3. The molecule has 0 aromatic carbocycles. The number of hydrogen-bond donors (Lipinski definition) is 2. The average Bonchev–Trinajstić information content (AvgIpc) is 2.59. The van der Waals surface area contributed by atoms with Crippen LogP contribution in [0.25, 0.3) is 5.52 Å². The van der Waals surface area contributed by atoms with E-state index < -0.39 is 11.9 Å². The molecule has 0 bridgehead atoms. The summed E-state index contributed by atoms with van der Waals surface area (Å²) in [5, 5.41) is 21.7. The Labute approximate surface area is 97.2 Å². The molecule has 2 heterocycles. The minimum absolute atomic E-state index is 0.0724. The molecule has 6 nitrogen and oxygen atoms in total. The van der Waals surface area contributed by atoms with Gasteiger partial charge in [-0.25, -0.2) is 14.1 Å². The van der Waals surface area contributed by atoms with Crippen molar-refractivity contribution in [3.63, 3.8) is 0 Å². The third kappa shape index (κ3) is 1.54. The number of aromatic carboxylic acids is 2. The van der Waals surface area contributed by atoms with Gasteiger partial charge in [0.2, 0.25) is 0 Å². The van der Waals surface area contributed by atoms with Crippen LogP contribution < -0.4 is 0 Å². The fourth-order valence-electron chi connectivity index (χ4n) is 1.41. The first-order chi connectivity index (χ1) is 7.50. The minimum atomic E-state index is -1.21. The van der Waals surface area contributed by atoms with E-state index in [1.165, 1.54) is 16.8 Å². The predicted octanol–water partition coefficient (Wildman–Crippen LogP) is 1.49. The van der Waals surface area contributed by atoms with Crippen LogP contribution in [0.4, 0.5) is 0 Å². The van der Waals surface area contributed by atoms with Crippen LogP contribution in [0.2, 0.25) is 0 Å². The van der Waals surface area contributed by atoms with Gasteiger partial charge in [0.05, 0.1) is 17.3 Å². The summed E-state index contributed by atoms with van der Waals surface area (Å²) in [5.74, 6) is -2.41. The number of pyridine rings is 1. The number of halogens is 1. The fourth-order valence-corrected chi connectivity index (χ4v) is 1.83. The largest absolute Gasteiger partial charge is 0.478 e. The van der Waals surface area contributed by atoms with Gasteiger partial charge in [0.25, 0.3) is 0 Å². The highest BCUT2D eigenvalue weighted by Gasteiger charge is 2.19. The van der Waals surface area contributed by atoms with Gasteiger partial charge in [0.1, 0.15) is 5.56 Å². The predicted molar refractivity (Wildman–Crippen MR) is 56.8 cm³/mol. The lowest BCUT2D eigenvalue weighted by Crippen LogP contribution is -2.04. The SMILES string of the molecule is O=C(O)c1cnn2cc(Br)cc(C(=O)O)c12. The van der Waals surface area contributed by atoms with Crippen LogP contribution in [0, 0.1) is 0 Å². The van der Waals surface area contributed by atoms with E-state index in [1.54, 1.807) is 0 Å². The molecular formula is C9H5BrN2O4. The molecule has 2 rings (SSSR count). The number of aromatic nitrogens is 2. The second-order valence-corrected chi connectivity index (χ2v) is 3.95. The maximum atomic E-state index is 11.0. The molecule has 0 saturated carbocycles. The molecule has 0 saturated heterocycles. The molecule has 0 radical (unpaired) electrons. The number of carbonyl (C=O) groups is 2. The van der Waals surface area contributed by atoms with Crippen LogP contribution in [0.3, 0.4) is 0 Å². The molecule has 0 unspecified atom stereocenters. The first kappa shape index (κ1) is 10.6. The standard InChI is InChI=1S/C9H5BrN2O4/c10-4-1-5(8(13)14)7-6(9(15)16)2-11-12(7)3-4/h1-3H,(H,13,14)(H,15,16). The Morgan fingerprint density at radius 2 is 1.88 bits per heavy atom. The maximum Gasteiger partial charge on any atom is 0.339 e. The van der Waals surface area contributed by atoms with Crippen molar-refractivity contribution in [2.45, 2.75) is 0 Å². The van der Waals surface area contributed by atoms with Gasteiger partial charge in [-0.2, -0.15) is 5.10 Å². The fraction of sp³-hybridized carbons (Fsp3) is 0. The van der Waals surface area contributed by atoms with Crippen LogP contribution in [0.15, 0.2) is 22.9 Å². The van der Waals surface area contributed by atoms with Crippen LogP contribution in [0.5, 0.6) is 0 Å². The Kier molecular flexibility index (Phi) is 2.39. The van der Waals surface area contributed by atoms with Gasteiger partial charge < -0.3 is 10.2 Å². The molecular weight excluding hydrogens is 280 g/mol. The number of fused-ring (bicyclic) bond motifs is 1. The Bertz CT molecular complexity index is 605. The Morgan fingerprint density at radius 3 is 2.44 bits per heavy atom. The van der Waals surface area contributed by atoms with Crippen molar-refractivity contribution in [3.05, 3.63) is 34.1 Å². The zero-order valence-electron chi connectivity index (χ0n) is 7.72. The smallest absolute Gasteiger partial charge is 0.339 e. The molecule has 0 aliphatic rings. The van der Waals surface area contributed by atoms with Gasteiger partial charge in [-0.15, -0.1) is 0 Å². The van der Waals surface area contributed by atoms with E-state index in [0.717, 1.165) is 6.20 Å². The van der Waals surface area contributed by atoms with Crippen molar-refractivity contribution in [1.29, 1.82) is 0 Å². The third-order valence-corrected chi connectivity index (χ3v) is 2.47. The second kappa shape index (κ2) is 3.60. The summed E-state index contributed by atoms with van der Waals surface area (Å²) < 4.78 is 1.73. The van der Waals surface area contributed by atoms with Gasteiger partial charge >= 0.3 is 11.9 Å². The average molecular weight is 285 g/mol. The lowest BCUT2D eigenvalue weighted by Gasteiger charge is -2.01. The van der Waals surface area contributed by atoms with Crippen molar-refractivity contribution in [1.82, 2.24) is 9.61 Å². The van der Waals surface area contributed by atoms with Crippen LogP contribution in [-0.2, 0) is 0 Å². The zero-order valence-corrected chi connectivity index (χ0v) is 9.30. The quantitative estimate of drug-likeness (QED) is 0.872. The van der Waals surface area contributed by atoms with Crippen molar-refractivity contribution in [2.75, 3.05) is 0 Å². The molecule has 2 N–H and O–H groups in total. The van der Waals surface area contributed by atoms with Crippen LogP contribution in [-0.4, -0.2) is 31.8 Å². The molecule has 0 amide bonds. The maximum absolute atomic E-state index is 11.0. The molecule has 2 aromatic heterocycles. The number of nitrogens with zero attached hydrogens (tertiary/aromatic N) is 2. The van der Waals surface area contributed by atoms with Crippen molar-refractivity contribution >= 4 is 33.4 Å². The molecule has 82 valence electrons. The summed E-state index contributed by atoms with van der Waals surface area (Å²) in [4.78, 5) is 21.9. The van der Waals surface area contributed by atoms with Gasteiger partial charge in [0.15, 0.2) is 0 Å². The van der Waals surface area contributed by atoms with Crippen LogP contribution in [0.1, 0.15) is 20.7 Å². The van der Waals surface area contributed by atoms with Crippen LogP contribution >= 0.6 is 15.9 Å². The van der Waals surface area contributed by atoms with E-state index in [9.17, 15) is 9.59 Å². The highest BCUT2D eigenvalue weighted by atomic mass is 79.9. The summed E-state index contributed by atoms with van der Waals surface area (Å²) in [5.41, 5.74) is -0.169. The first-order valence-electron chi connectivity index (χ1n) is 4.14. The van der Waals surface area contributed by atoms with E-state index in [2.05, 4.69) is 21.0 Å². The van der Waals surface area contributed by atoms with Gasteiger partial charge in [-0.3, -0.25) is 0 Å². The summed E-state index contributed by atoms with van der Waals surface area (Å²) in [7, 11) is 0. The normalized spacial score (nSPS) is 10.6. The molecule has 16 heavy (non-hydrogen) atoms. The van der Waals surface area contributed by atoms with E-state index in [0.29, 0.717) is 4.47 Å². The molecule has 0 aliphatic heterocycles. The summed E-state index contributed by atoms with van der Waals surface area (Å²) >= 11 is 3.13. The third-order valence-electron chi connectivity index (χ3n) is 2.04. The van der Waals surface area contributed by atoms with E-state index in [4.69, 9.17) is 10.2 Å². The number of carboxylic acid groups (broad SMARTS) is 2. The highest BCUT2D eigenvalue weighted by molar-refractivity contribution is 9.10. The molecule has 0 fully saturated rings. The van der Waals surface area contributed by atoms with Crippen molar-refractivity contribution in [3.8, 4) is 0 Å². The molecule has 7 heteroatoms. The van der Waals surface area contributed by atoms with E-state index >= 15 is 0 Å². The van der Waals surface area contributed by atoms with Gasteiger partial charge in [-0.1, -0.05) is 0 Å². The van der Waals surface area contributed by atoms with Gasteiger partial charge in [0, 0.05) is 10.7 Å². The lowest BCUT2D eigenvalue weighted by atomic mass is 10.1. The Balaban J connectivity index is 2.90. The minimum Gasteiger partial charge on any atom is -0.478 e. The topological polar surface area (TPSA) is 91.9 Å². The highest BCUT2D eigenvalue weighted by Crippen LogP contribution is 2.21. The van der Waals surface area contributed by atoms with Gasteiger partial charge in [-0.05, 0) is 22.0 Å². The van der Waals surface area contributed by atoms with Crippen molar-refractivity contribution in [2.24, 2.45) is 0 Å². The molecule has 2 aromatic rings. The Hall–Kier alpha value is -1.89. The molecule has 0 aliphatic carbocycles. The summed E-state index contributed by atoms with van der Waals surface area (Å²) in [6.45, 7) is 0. The number of carboxylic acids is 2. The Morgan fingerprint density at radius 1 is 1.25 bits per heavy atom. The molecule has 0 atom stereocenters. The zero-order chi connectivity index (χ0) is 11.9. The van der Waals surface area contributed by atoms with Crippen molar-refractivity contribution < 1.29 is 19.8 Å². The number of rotatable bonds is 2. The molecule has 0 spiro atoms. The summed E-state index contributed by atoms with van der Waals surface area (Å²) in [6.07, 6.45) is 2.62. The monoisotopic (exact) mass is 284 g/mol. The second-order valence-electron chi connectivity index (χ2n) is 3.03. The van der Waals surface area contributed by atoms with E-state index in [-0.39, 0.29) is 16.6 Å². The lowest BCUT2D eigenvalue weighted by molar-refractivity contribution is 0.0695. The summed E-state index contributed by atoms with van der Waals surface area (Å²) in [6, 6.07) is 1.34. The van der Waals surface area contributed by atoms with E-state index in [1.807, 2.05) is 0 Å². The first-order valence-corrected chi connectivity index (χ1v) is 4.93.